The highest BCUT2D eigenvalue weighted by Gasteiger charge is 2.91. The number of benzene rings is 1. The van der Waals surface area contributed by atoms with Crippen molar-refractivity contribution in [1.29, 1.82) is 0 Å². The van der Waals surface area contributed by atoms with Crippen LogP contribution in [0.25, 0.3) is 0 Å². The monoisotopic (exact) mass is 507 g/mol. The van der Waals surface area contributed by atoms with Gasteiger partial charge in [-0.25, -0.2) is 0 Å². The van der Waals surface area contributed by atoms with Crippen LogP contribution in [-0.4, -0.2) is 41.7 Å². The lowest BCUT2D eigenvalue weighted by molar-refractivity contribution is -0.435. The molecular formula is C13H4Cl2F13NO. The maximum Gasteiger partial charge on any atom is 0.460 e. The molecule has 2 nitrogen and oxygen atoms in total. The molecule has 0 atom stereocenters. The molecule has 1 N–H and O–H groups in total. The van der Waals surface area contributed by atoms with Crippen molar-refractivity contribution >= 4 is 34.8 Å². The predicted molar refractivity (Wildman–Crippen MR) is 75.9 cm³/mol. The van der Waals surface area contributed by atoms with Crippen LogP contribution in [-0.2, 0) is 4.79 Å². The molecule has 30 heavy (non-hydrogen) atoms. The Morgan fingerprint density at radius 3 is 1.37 bits per heavy atom. The number of alkyl halides is 13. The van der Waals surface area contributed by atoms with Gasteiger partial charge < -0.3 is 5.32 Å². The highest BCUT2D eigenvalue weighted by molar-refractivity contribution is 6.35. The van der Waals surface area contributed by atoms with Gasteiger partial charge in [-0.05, 0) is 18.2 Å². The zero-order valence-corrected chi connectivity index (χ0v) is 14.8. The number of carbonyl (C=O) groups is 1. The first-order valence-corrected chi connectivity index (χ1v) is 7.53. The third kappa shape index (κ3) is 3.97. The number of amides is 1. The molecule has 1 aromatic rings. The second-order valence-corrected chi connectivity index (χ2v) is 6.35. The lowest BCUT2D eigenvalue weighted by Gasteiger charge is -2.39. The minimum Gasteiger partial charge on any atom is -0.321 e. The summed E-state index contributed by atoms with van der Waals surface area (Å²) in [7, 11) is 0. The van der Waals surface area contributed by atoms with Crippen molar-refractivity contribution in [3.8, 4) is 0 Å². The van der Waals surface area contributed by atoms with E-state index in [0.29, 0.717) is 12.1 Å². The SMILES string of the molecule is O=C(Nc1cc(Cl)cc(Cl)c1)C(F)(F)C(F)(F)C(F)(F)C(F)(F)C(F)(F)C(F)(F)F. The summed E-state index contributed by atoms with van der Waals surface area (Å²) in [6.45, 7) is 0. The summed E-state index contributed by atoms with van der Waals surface area (Å²) < 4.78 is 168. The highest BCUT2D eigenvalue weighted by atomic mass is 35.5. The zero-order valence-electron chi connectivity index (χ0n) is 13.3. The normalized spacial score (nSPS) is 14.6. The lowest BCUT2D eigenvalue weighted by Crippen LogP contribution is -2.71. The number of anilines is 1. The van der Waals surface area contributed by atoms with Crippen molar-refractivity contribution in [1.82, 2.24) is 0 Å². The molecule has 1 rings (SSSR count). The lowest BCUT2D eigenvalue weighted by atomic mass is 9.93. The molecule has 0 spiro atoms. The van der Waals surface area contributed by atoms with Gasteiger partial charge in [-0.3, -0.25) is 4.79 Å². The molecule has 0 heterocycles. The second-order valence-electron chi connectivity index (χ2n) is 5.48. The van der Waals surface area contributed by atoms with Gasteiger partial charge in [0.25, 0.3) is 0 Å². The fourth-order valence-electron chi connectivity index (χ4n) is 1.75. The van der Waals surface area contributed by atoms with Crippen molar-refractivity contribution in [2.24, 2.45) is 0 Å². The number of halogens is 15. The van der Waals surface area contributed by atoms with E-state index < -0.39 is 57.4 Å². The van der Waals surface area contributed by atoms with Crippen LogP contribution in [0.3, 0.4) is 0 Å². The van der Waals surface area contributed by atoms with Crippen molar-refractivity contribution in [3.05, 3.63) is 28.2 Å². The van der Waals surface area contributed by atoms with Crippen molar-refractivity contribution in [3.63, 3.8) is 0 Å². The third-order valence-electron chi connectivity index (χ3n) is 3.34. The third-order valence-corrected chi connectivity index (χ3v) is 3.78. The van der Waals surface area contributed by atoms with Crippen LogP contribution in [0.2, 0.25) is 10.0 Å². The quantitative estimate of drug-likeness (QED) is 0.428. The topological polar surface area (TPSA) is 29.1 Å². The van der Waals surface area contributed by atoms with Crippen molar-refractivity contribution in [2.75, 3.05) is 5.32 Å². The molecule has 0 unspecified atom stereocenters. The molecule has 0 fully saturated rings. The average Bonchev–Trinajstić information content (AvgIpc) is 2.51. The molecule has 1 aromatic carbocycles. The van der Waals surface area contributed by atoms with Crippen LogP contribution in [0.1, 0.15) is 0 Å². The first-order valence-electron chi connectivity index (χ1n) is 6.77. The molecule has 17 heteroatoms. The Morgan fingerprint density at radius 1 is 0.633 bits per heavy atom. The van der Waals surface area contributed by atoms with Crippen LogP contribution in [0.5, 0.6) is 0 Å². The van der Waals surface area contributed by atoms with Gasteiger partial charge in [-0.1, -0.05) is 23.2 Å². The summed E-state index contributed by atoms with van der Waals surface area (Å²) in [4.78, 5) is 11.3. The van der Waals surface area contributed by atoms with Crippen molar-refractivity contribution in [2.45, 2.75) is 35.8 Å². The molecule has 172 valence electrons. The predicted octanol–water partition coefficient (Wildman–Crippen LogP) is 6.67. The van der Waals surface area contributed by atoms with Gasteiger partial charge in [0.15, 0.2) is 0 Å². The molecule has 0 aliphatic carbocycles. The van der Waals surface area contributed by atoms with E-state index >= 15 is 0 Å². The minimum atomic E-state index is -8.09. The van der Waals surface area contributed by atoms with Gasteiger partial charge in [0.1, 0.15) is 0 Å². The van der Waals surface area contributed by atoms with E-state index in [1.807, 2.05) is 0 Å². The van der Waals surface area contributed by atoms with E-state index in [2.05, 4.69) is 0 Å². The van der Waals surface area contributed by atoms with Gasteiger partial charge in [0.2, 0.25) is 0 Å². The van der Waals surface area contributed by atoms with Crippen LogP contribution < -0.4 is 5.32 Å². The molecule has 0 saturated heterocycles. The molecule has 0 bridgehead atoms. The standard InChI is InChI=1S/C13H4Cl2F13NO/c14-4-1-5(15)3-6(2-4)29-7(30)8(16,17)9(18,19)10(20,21)11(22,23)12(24,25)13(26,27)28/h1-3H,(H,29,30). The van der Waals surface area contributed by atoms with E-state index in [-0.39, 0.29) is 0 Å². The maximum atomic E-state index is 13.6. The summed E-state index contributed by atoms with van der Waals surface area (Å²) >= 11 is 10.8. The van der Waals surface area contributed by atoms with Crippen molar-refractivity contribution < 1.29 is 61.9 Å². The number of nitrogens with one attached hydrogen (secondary N) is 1. The highest BCUT2D eigenvalue weighted by Crippen LogP contribution is 2.60. The number of hydrogen-bond donors (Lipinski definition) is 1. The van der Waals surface area contributed by atoms with E-state index in [9.17, 15) is 61.9 Å². The zero-order chi connectivity index (χ0) is 24.1. The Balaban J connectivity index is 3.42. The van der Waals surface area contributed by atoms with Crippen LogP contribution in [0, 0.1) is 0 Å². The number of rotatable bonds is 6. The first kappa shape index (κ1) is 26.4. The Kier molecular flexibility index (Phi) is 6.60. The van der Waals surface area contributed by atoms with E-state index in [1.54, 1.807) is 0 Å². The summed E-state index contributed by atoms with van der Waals surface area (Å²) in [5.41, 5.74) is -0.955. The van der Waals surface area contributed by atoms with Gasteiger partial charge in [-0.15, -0.1) is 0 Å². The second kappa shape index (κ2) is 7.50. The van der Waals surface area contributed by atoms with Crippen LogP contribution in [0.4, 0.5) is 62.8 Å². The number of hydrogen-bond acceptors (Lipinski definition) is 1. The van der Waals surface area contributed by atoms with Gasteiger partial charge in [0.05, 0.1) is 0 Å². The Bertz CT molecular complexity index is 801. The van der Waals surface area contributed by atoms with E-state index in [0.717, 1.165) is 11.4 Å². The fourth-order valence-corrected chi connectivity index (χ4v) is 2.27. The molecule has 0 aliphatic rings. The molecule has 0 aliphatic heterocycles. The summed E-state index contributed by atoms with van der Waals surface area (Å²) in [6.07, 6.45) is -7.54. The molecule has 0 radical (unpaired) electrons. The van der Waals surface area contributed by atoms with Gasteiger partial charge in [0, 0.05) is 15.7 Å². The number of carbonyl (C=O) groups excluding carboxylic acids is 1. The van der Waals surface area contributed by atoms with Crippen LogP contribution >= 0.6 is 23.2 Å². The average molecular weight is 508 g/mol. The molecule has 0 aromatic heterocycles. The van der Waals surface area contributed by atoms with Crippen LogP contribution in [0.15, 0.2) is 18.2 Å². The molecule has 1 amide bonds. The molecular weight excluding hydrogens is 504 g/mol. The fraction of sp³-hybridized carbons (Fsp3) is 0.462. The largest absolute Gasteiger partial charge is 0.460 e. The Hall–Kier alpha value is -1.64. The summed E-state index contributed by atoms with van der Waals surface area (Å²) in [5.74, 6) is -42.1. The summed E-state index contributed by atoms with van der Waals surface area (Å²) in [5, 5.41) is -0.00670. The smallest absolute Gasteiger partial charge is 0.321 e. The molecule has 0 saturated carbocycles. The van der Waals surface area contributed by atoms with E-state index in [1.165, 1.54) is 0 Å². The Morgan fingerprint density at radius 2 is 1.00 bits per heavy atom. The van der Waals surface area contributed by atoms with E-state index in [4.69, 9.17) is 23.2 Å². The summed E-state index contributed by atoms with van der Waals surface area (Å²) in [6, 6.07) is 2.01. The minimum absolute atomic E-state index is 0.422. The Labute approximate surface area is 166 Å². The maximum absolute atomic E-state index is 13.6. The first-order chi connectivity index (χ1) is 13.0. The van der Waals surface area contributed by atoms with Gasteiger partial charge >= 0.3 is 41.7 Å². The van der Waals surface area contributed by atoms with Gasteiger partial charge in [-0.2, -0.15) is 57.1 Å².